The number of benzene rings is 1. The van der Waals surface area contributed by atoms with E-state index in [0.717, 1.165) is 23.9 Å². The molecule has 0 amide bonds. The third-order valence-electron chi connectivity index (χ3n) is 3.38. The largest absolute Gasteiger partial charge is 0.497 e. The summed E-state index contributed by atoms with van der Waals surface area (Å²) in [7, 11) is 1.61. The summed E-state index contributed by atoms with van der Waals surface area (Å²) in [5, 5.41) is 1.43. The number of halogens is 1. The van der Waals surface area contributed by atoms with Gasteiger partial charge in [0.25, 0.3) is 0 Å². The van der Waals surface area contributed by atoms with Crippen LogP contribution in [-0.2, 0) is 9.53 Å². The van der Waals surface area contributed by atoms with Crippen LogP contribution in [-0.4, -0.2) is 49.1 Å². The Morgan fingerprint density at radius 2 is 1.95 bits per heavy atom. The summed E-state index contributed by atoms with van der Waals surface area (Å²) >= 11 is 7.52. The molecular formula is C15H15ClN2O3S. The Morgan fingerprint density at radius 1 is 1.27 bits per heavy atom. The van der Waals surface area contributed by atoms with Crippen LogP contribution in [0.5, 0.6) is 5.75 Å². The molecule has 0 radical (unpaired) electrons. The molecule has 0 unspecified atom stereocenters. The van der Waals surface area contributed by atoms with Gasteiger partial charge in [0.15, 0.2) is 5.04 Å². The number of nitrogens with zero attached hydrogens (tertiary/aromatic N) is 2. The van der Waals surface area contributed by atoms with Crippen LogP contribution in [0.3, 0.4) is 0 Å². The van der Waals surface area contributed by atoms with Gasteiger partial charge in [0, 0.05) is 13.1 Å². The molecule has 0 aromatic heterocycles. The topological polar surface area (TPSA) is 51.1 Å². The number of thioether (sulfide) groups is 1. The molecule has 0 atom stereocenters. The summed E-state index contributed by atoms with van der Waals surface area (Å²) < 4.78 is 10.4. The van der Waals surface area contributed by atoms with Crippen molar-refractivity contribution in [2.75, 3.05) is 33.4 Å². The van der Waals surface area contributed by atoms with E-state index in [-0.39, 0.29) is 10.8 Å². The zero-order chi connectivity index (χ0) is 15.5. The SMILES string of the molecule is COc1ccc(N=C2SC(N3CCOCC3)=C(Cl)C2=O)cc1. The molecule has 22 heavy (non-hydrogen) atoms. The minimum absolute atomic E-state index is 0.219. The summed E-state index contributed by atoms with van der Waals surface area (Å²) in [6.45, 7) is 2.77. The van der Waals surface area contributed by atoms with Gasteiger partial charge in [-0.05, 0) is 36.0 Å². The second-order valence-corrected chi connectivity index (χ2v) is 6.12. The van der Waals surface area contributed by atoms with Crippen LogP contribution >= 0.6 is 23.4 Å². The summed E-state index contributed by atoms with van der Waals surface area (Å²) in [5.41, 5.74) is 0.698. The lowest BCUT2D eigenvalue weighted by molar-refractivity contribution is -0.109. The molecule has 2 aliphatic rings. The van der Waals surface area contributed by atoms with E-state index in [1.807, 2.05) is 0 Å². The molecule has 0 aliphatic carbocycles. The minimum Gasteiger partial charge on any atom is -0.497 e. The van der Waals surface area contributed by atoms with Crippen LogP contribution in [0, 0.1) is 0 Å². The molecule has 1 fully saturated rings. The Morgan fingerprint density at radius 3 is 2.59 bits per heavy atom. The minimum atomic E-state index is -0.219. The van der Waals surface area contributed by atoms with Gasteiger partial charge in [-0.25, -0.2) is 4.99 Å². The zero-order valence-corrected chi connectivity index (χ0v) is 13.6. The van der Waals surface area contributed by atoms with Gasteiger partial charge in [-0.3, -0.25) is 4.79 Å². The maximum Gasteiger partial charge on any atom is 0.232 e. The van der Waals surface area contributed by atoms with Crippen molar-refractivity contribution in [1.29, 1.82) is 0 Å². The molecule has 1 saturated heterocycles. The fourth-order valence-electron chi connectivity index (χ4n) is 2.19. The monoisotopic (exact) mass is 338 g/mol. The molecule has 2 aliphatic heterocycles. The Labute approximate surface area is 137 Å². The van der Waals surface area contributed by atoms with E-state index in [0.29, 0.717) is 23.9 Å². The Kier molecular flexibility index (Phi) is 4.71. The number of carbonyl (C=O) groups is 1. The molecule has 5 nitrogen and oxygen atoms in total. The van der Waals surface area contributed by atoms with E-state index in [9.17, 15) is 4.79 Å². The van der Waals surface area contributed by atoms with Gasteiger partial charge in [0.2, 0.25) is 5.78 Å². The molecule has 1 aromatic rings. The number of ketones is 1. The second-order valence-electron chi connectivity index (χ2n) is 4.76. The highest BCUT2D eigenvalue weighted by Gasteiger charge is 2.33. The summed E-state index contributed by atoms with van der Waals surface area (Å²) in [5.74, 6) is 0.531. The van der Waals surface area contributed by atoms with Crippen LogP contribution in [0.25, 0.3) is 0 Å². The summed E-state index contributed by atoms with van der Waals surface area (Å²) in [6.07, 6.45) is 0. The first-order chi connectivity index (χ1) is 10.7. The lowest BCUT2D eigenvalue weighted by Gasteiger charge is -2.28. The van der Waals surface area contributed by atoms with Crippen molar-refractivity contribution < 1.29 is 14.3 Å². The van der Waals surface area contributed by atoms with Gasteiger partial charge >= 0.3 is 0 Å². The average Bonchev–Trinajstić information content (AvgIpc) is 2.85. The van der Waals surface area contributed by atoms with Crippen LogP contribution in [0.2, 0.25) is 0 Å². The van der Waals surface area contributed by atoms with Gasteiger partial charge in [-0.15, -0.1) is 0 Å². The second kappa shape index (κ2) is 6.73. The van der Waals surface area contributed by atoms with E-state index in [1.165, 1.54) is 11.8 Å². The lowest BCUT2D eigenvalue weighted by Crippen LogP contribution is -2.34. The molecule has 1 aromatic carbocycles. The van der Waals surface area contributed by atoms with E-state index >= 15 is 0 Å². The van der Waals surface area contributed by atoms with Crippen molar-refractivity contribution in [2.45, 2.75) is 0 Å². The normalized spacial score (nSPS) is 20.9. The number of morpholine rings is 1. The lowest BCUT2D eigenvalue weighted by atomic mass is 10.3. The Hall–Kier alpha value is -1.50. The number of aliphatic imine (C=N–C) groups is 1. The van der Waals surface area contributed by atoms with Crippen molar-refractivity contribution >= 4 is 39.9 Å². The molecule has 0 spiro atoms. The smallest absolute Gasteiger partial charge is 0.232 e. The standard InChI is InChI=1S/C15H15ClN2O3S/c1-20-11-4-2-10(3-5-11)17-14-13(19)12(16)15(22-14)18-6-8-21-9-7-18/h2-5H,6-9H2,1H3. The van der Waals surface area contributed by atoms with Gasteiger partial charge in [0.1, 0.15) is 15.8 Å². The zero-order valence-electron chi connectivity index (χ0n) is 12.0. The first-order valence-corrected chi connectivity index (χ1v) is 8.06. The summed E-state index contributed by atoms with van der Waals surface area (Å²) in [6, 6.07) is 7.23. The van der Waals surface area contributed by atoms with E-state index in [1.54, 1.807) is 31.4 Å². The van der Waals surface area contributed by atoms with Gasteiger partial charge in [-0.2, -0.15) is 0 Å². The highest BCUT2D eigenvalue weighted by molar-refractivity contribution is 8.19. The van der Waals surface area contributed by atoms with Crippen molar-refractivity contribution in [3.8, 4) is 5.75 Å². The molecule has 0 bridgehead atoms. The van der Waals surface area contributed by atoms with E-state index in [2.05, 4.69) is 9.89 Å². The Balaban J connectivity index is 1.79. The third-order valence-corrected chi connectivity index (χ3v) is 4.96. The predicted molar refractivity (Wildman–Crippen MR) is 88.0 cm³/mol. The van der Waals surface area contributed by atoms with Gasteiger partial charge < -0.3 is 14.4 Å². The number of methoxy groups -OCH3 is 1. The Bertz CT molecular complexity index is 637. The van der Waals surface area contributed by atoms with Crippen molar-refractivity contribution in [3.05, 3.63) is 34.3 Å². The highest BCUT2D eigenvalue weighted by atomic mass is 35.5. The van der Waals surface area contributed by atoms with Crippen molar-refractivity contribution in [3.63, 3.8) is 0 Å². The van der Waals surface area contributed by atoms with E-state index in [4.69, 9.17) is 21.1 Å². The van der Waals surface area contributed by atoms with E-state index < -0.39 is 0 Å². The van der Waals surface area contributed by atoms with Gasteiger partial charge in [-0.1, -0.05) is 11.6 Å². The first-order valence-electron chi connectivity index (χ1n) is 6.87. The molecular weight excluding hydrogens is 324 g/mol. The fourth-order valence-corrected chi connectivity index (χ4v) is 3.59. The summed E-state index contributed by atoms with van der Waals surface area (Å²) in [4.78, 5) is 18.7. The number of allylic oxidation sites excluding steroid dienone is 1. The molecule has 3 rings (SSSR count). The number of rotatable bonds is 3. The molecule has 7 heteroatoms. The van der Waals surface area contributed by atoms with Crippen LogP contribution in [0.15, 0.2) is 39.3 Å². The predicted octanol–water partition coefficient (Wildman–Crippen LogP) is 2.78. The maximum atomic E-state index is 12.3. The number of ether oxygens (including phenoxy) is 2. The van der Waals surface area contributed by atoms with Crippen LogP contribution in [0.1, 0.15) is 0 Å². The maximum absolute atomic E-state index is 12.3. The molecule has 2 heterocycles. The quantitative estimate of drug-likeness (QED) is 0.848. The molecule has 116 valence electrons. The first kappa shape index (κ1) is 15.4. The fraction of sp³-hybridized carbons (Fsp3) is 0.333. The van der Waals surface area contributed by atoms with Crippen LogP contribution < -0.4 is 4.74 Å². The molecule has 0 saturated carbocycles. The number of carbonyl (C=O) groups excluding carboxylic acids is 1. The van der Waals surface area contributed by atoms with Crippen LogP contribution in [0.4, 0.5) is 5.69 Å². The highest BCUT2D eigenvalue weighted by Crippen LogP contribution is 2.37. The molecule has 0 N–H and O–H groups in total. The number of Topliss-reactive ketones (excluding diaryl/α,β-unsaturated/α-hetero) is 1. The third kappa shape index (κ3) is 3.14. The van der Waals surface area contributed by atoms with Crippen molar-refractivity contribution in [2.24, 2.45) is 4.99 Å². The van der Waals surface area contributed by atoms with Crippen molar-refractivity contribution in [1.82, 2.24) is 4.90 Å². The van der Waals surface area contributed by atoms with Gasteiger partial charge in [0.05, 0.1) is 26.0 Å². The average molecular weight is 339 g/mol. The number of hydrogen-bond acceptors (Lipinski definition) is 6. The number of hydrogen-bond donors (Lipinski definition) is 0.